The van der Waals surface area contributed by atoms with E-state index in [1.807, 2.05) is 0 Å². The fourth-order valence-corrected chi connectivity index (χ4v) is 5.53. The van der Waals surface area contributed by atoms with Gasteiger partial charge < -0.3 is 10.2 Å². The fourth-order valence-electron chi connectivity index (χ4n) is 5.53. The molecule has 1 aromatic rings. The Kier molecular flexibility index (Phi) is 2.45. The van der Waals surface area contributed by atoms with Crippen molar-refractivity contribution in [3.8, 4) is 5.75 Å². The number of hydrogen-bond acceptors (Lipinski definition) is 2. The van der Waals surface area contributed by atoms with Gasteiger partial charge in [-0.15, -0.1) is 5.75 Å². The minimum atomic E-state index is -1.01. The van der Waals surface area contributed by atoms with E-state index in [2.05, 4.69) is 0 Å². The molecule has 3 nitrogen and oxygen atoms in total. The quantitative estimate of drug-likeness (QED) is 0.899. The van der Waals surface area contributed by atoms with E-state index in [4.69, 9.17) is 5.11 Å². The van der Waals surface area contributed by atoms with Crippen molar-refractivity contribution in [1.82, 2.24) is 0 Å². The van der Waals surface area contributed by atoms with Gasteiger partial charge in [-0.05, 0) is 73.3 Å². The number of rotatable bonds is 2. The predicted octanol–water partition coefficient (Wildman–Crippen LogP) is 2.93. The van der Waals surface area contributed by atoms with Crippen molar-refractivity contribution in [1.29, 1.82) is 0 Å². The summed E-state index contributed by atoms with van der Waals surface area (Å²) in [5, 5.41) is 21.4. The van der Waals surface area contributed by atoms with Crippen LogP contribution in [0.1, 0.15) is 54.4 Å². The van der Waals surface area contributed by atoms with Crippen LogP contribution < -0.4 is 5.11 Å². The molecule has 4 aliphatic carbocycles. The zero-order valence-corrected chi connectivity index (χ0v) is 11.5. The van der Waals surface area contributed by atoms with E-state index in [0.29, 0.717) is 0 Å². The molecule has 4 bridgehead atoms. The van der Waals surface area contributed by atoms with Gasteiger partial charge in [0.1, 0.15) is 0 Å². The maximum absolute atomic E-state index is 12.4. The molecule has 4 fully saturated rings. The van der Waals surface area contributed by atoms with Crippen LogP contribution in [0, 0.1) is 17.8 Å². The normalized spacial score (nSPS) is 38.1. The molecule has 0 amide bonds. The van der Waals surface area contributed by atoms with Crippen LogP contribution in [-0.4, -0.2) is 11.1 Å². The van der Waals surface area contributed by atoms with E-state index in [1.165, 1.54) is 25.3 Å². The Balaban J connectivity index is 1.75. The molecule has 0 unspecified atom stereocenters. The molecule has 20 heavy (non-hydrogen) atoms. The second-order valence-corrected chi connectivity index (χ2v) is 7.21. The van der Waals surface area contributed by atoms with Crippen molar-refractivity contribution in [2.75, 3.05) is 0 Å². The molecule has 5 rings (SSSR count). The second-order valence-electron chi connectivity index (χ2n) is 7.21. The molecule has 4 saturated carbocycles. The van der Waals surface area contributed by atoms with Gasteiger partial charge in [0, 0.05) is 0 Å². The fraction of sp³-hybridized carbons (Fsp3) is 0.588. The number of carboxylic acids is 1. The first-order chi connectivity index (χ1) is 9.56. The Morgan fingerprint density at radius 1 is 1.10 bits per heavy atom. The lowest BCUT2D eigenvalue weighted by Crippen LogP contribution is -2.48. The van der Waals surface area contributed by atoms with Gasteiger partial charge in [0.05, 0.1) is 5.56 Å². The molecule has 0 aliphatic heterocycles. The van der Waals surface area contributed by atoms with E-state index >= 15 is 0 Å². The zero-order chi connectivity index (χ0) is 13.9. The van der Waals surface area contributed by atoms with Crippen molar-refractivity contribution in [2.45, 2.75) is 43.9 Å². The summed E-state index contributed by atoms with van der Waals surface area (Å²) in [7, 11) is 0. The molecule has 0 aromatic heterocycles. The summed E-state index contributed by atoms with van der Waals surface area (Å²) < 4.78 is 0. The summed E-state index contributed by atoms with van der Waals surface area (Å²) in [4.78, 5) is 11.0. The number of carboxylic acid groups (broad SMARTS) is 1. The first-order valence-corrected chi connectivity index (χ1v) is 7.60. The average Bonchev–Trinajstić information content (AvgIpc) is 2.36. The van der Waals surface area contributed by atoms with Crippen LogP contribution in [0.2, 0.25) is 0 Å². The standard InChI is InChI=1S/C17H20O3/c18-15-6-13(16(19)20)1-2-14(15)17-7-10-3-11(8-17)5-12(4-10)9-17/h1-2,6,10-12,18H,3-5,7-9H2,(H,19,20)/p-1. The van der Waals surface area contributed by atoms with Crippen LogP contribution in [0.4, 0.5) is 0 Å². The molecule has 106 valence electrons. The van der Waals surface area contributed by atoms with Gasteiger partial charge >= 0.3 is 5.97 Å². The Labute approximate surface area is 118 Å². The van der Waals surface area contributed by atoms with Crippen molar-refractivity contribution < 1.29 is 15.0 Å². The maximum atomic E-state index is 12.4. The van der Waals surface area contributed by atoms with Gasteiger partial charge in [-0.3, -0.25) is 0 Å². The number of carbonyl (C=O) groups is 1. The topological polar surface area (TPSA) is 60.4 Å². The summed E-state index contributed by atoms with van der Waals surface area (Å²) in [5.41, 5.74) is 1.06. The van der Waals surface area contributed by atoms with E-state index in [0.717, 1.165) is 42.6 Å². The predicted molar refractivity (Wildman–Crippen MR) is 72.7 cm³/mol. The minimum absolute atomic E-state index is 0.0584. The summed E-state index contributed by atoms with van der Waals surface area (Å²) in [6.07, 6.45) is 7.46. The highest BCUT2D eigenvalue weighted by Crippen LogP contribution is 2.61. The number of aromatic carboxylic acids is 1. The monoisotopic (exact) mass is 271 g/mol. The molecule has 0 spiro atoms. The summed E-state index contributed by atoms with van der Waals surface area (Å²) >= 11 is 0. The first-order valence-electron chi connectivity index (χ1n) is 7.60. The summed E-state index contributed by atoms with van der Waals surface area (Å²) in [6.45, 7) is 0. The van der Waals surface area contributed by atoms with Crippen molar-refractivity contribution in [2.24, 2.45) is 17.8 Å². The smallest absolute Gasteiger partial charge is 0.335 e. The molecule has 0 radical (unpaired) electrons. The highest BCUT2D eigenvalue weighted by atomic mass is 16.4. The molecule has 3 heteroatoms. The minimum Gasteiger partial charge on any atom is -0.872 e. The third kappa shape index (κ3) is 1.68. The Morgan fingerprint density at radius 3 is 2.10 bits per heavy atom. The number of benzene rings is 1. The largest absolute Gasteiger partial charge is 0.872 e. The van der Waals surface area contributed by atoms with Gasteiger partial charge in [-0.2, -0.15) is 0 Å². The van der Waals surface area contributed by atoms with Gasteiger partial charge in [0.25, 0.3) is 0 Å². The lowest BCUT2D eigenvalue weighted by Gasteiger charge is -2.58. The summed E-state index contributed by atoms with van der Waals surface area (Å²) in [6, 6.07) is 4.73. The molecule has 4 aliphatic rings. The third-order valence-electron chi connectivity index (χ3n) is 5.84. The van der Waals surface area contributed by atoms with E-state index < -0.39 is 5.97 Å². The molecule has 0 atom stereocenters. The van der Waals surface area contributed by atoms with Crippen molar-refractivity contribution in [3.63, 3.8) is 0 Å². The second kappa shape index (κ2) is 4.00. The Bertz CT molecular complexity index is 540. The van der Waals surface area contributed by atoms with Crippen LogP contribution in [0.25, 0.3) is 0 Å². The zero-order valence-electron chi connectivity index (χ0n) is 11.5. The van der Waals surface area contributed by atoms with Gasteiger partial charge in [-0.1, -0.05) is 12.1 Å². The average molecular weight is 271 g/mol. The van der Waals surface area contributed by atoms with Gasteiger partial charge in [-0.25, -0.2) is 4.79 Å². The van der Waals surface area contributed by atoms with Gasteiger partial charge in [0.15, 0.2) is 0 Å². The van der Waals surface area contributed by atoms with Crippen LogP contribution in [0.5, 0.6) is 5.75 Å². The molecular formula is C17H19O3-. The molecule has 1 N–H and O–H groups in total. The highest BCUT2D eigenvalue weighted by molar-refractivity contribution is 5.88. The van der Waals surface area contributed by atoms with Crippen LogP contribution >= 0.6 is 0 Å². The number of hydrogen-bond donors (Lipinski definition) is 1. The molecule has 1 aromatic carbocycles. The first kappa shape index (κ1) is 12.2. The molecule has 0 saturated heterocycles. The van der Waals surface area contributed by atoms with Gasteiger partial charge in [0.2, 0.25) is 0 Å². The van der Waals surface area contributed by atoms with Crippen molar-refractivity contribution >= 4 is 5.97 Å². The van der Waals surface area contributed by atoms with E-state index in [-0.39, 0.29) is 16.7 Å². The van der Waals surface area contributed by atoms with Crippen molar-refractivity contribution in [3.05, 3.63) is 29.3 Å². The maximum Gasteiger partial charge on any atom is 0.335 e. The van der Waals surface area contributed by atoms with Crippen LogP contribution in [0.15, 0.2) is 18.2 Å². The van der Waals surface area contributed by atoms with Crippen LogP contribution in [0.3, 0.4) is 0 Å². The van der Waals surface area contributed by atoms with E-state index in [9.17, 15) is 9.90 Å². The lowest BCUT2D eigenvalue weighted by molar-refractivity contribution is -0.271. The molecular weight excluding hydrogens is 252 g/mol. The van der Waals surface area contributed by atoms with Crippen LogP contribution in [-0.2, 0) is 5.41 Å². The lowest BCUT2D eigenvalue weighted by atomic mass is 9.48. The Morgan fingerprint density at radius 2 is 1.65 bits per heavy atom. The third-order valence-corrected chi connectivity index (χ3v) is 5.84. The SMILES string of the molecule is O=C(O)c1ccc(C23CC4CC(CC(C4)C2)C3)c([O-])c1. The van der Waals surface area contributed by atoms with E-state index in [1.54, 1.807) is 12.1 Å². The Hall–Kier alpha value is -1.51. The highest BCUT2D eigenvalue weighted by Gasteiger charge is 2.51. The molecule has 0 heterocycles. The summed E-state index contributed by atoms with van der Waals surface area (Å²) in [5.74, 6) is 1.30.